The summed E-state index contributed by atoms with van der Waals surface area (Å²) in [5.41, 5.74) is -7.40. The molecule has 1 unspecified atom stereocenters. The van der Waals surface area contributed by atoms with Crippen molar-refractivity contribution in [3.05, 3.63) is 59.4 Å². The largest absolute Gasteiger partial charge is 0.430 e. The van der Waals surface area contributed by atoms with E-state index in [9.17, 15) is 53.8 Å². The van der Waals surface area contributed by atoms with E-state index >= 15 is 0 Å². The van der Waals surface area contributed by atoms with Gasteiger partial charge in [0.2, 0.25) is 5.91 Å². The van der Waals surface area contributed by atoms with Gasteiger partial charge in [-0.1, -0.05) is 12.1 Å². The molecule has 0 aromatic heterocycles. The minimum absolute atomic E-state index is 0.0529. The second kappa shape index (κ2) is 10.9. The van der Waals surface area contributed by atoms with E-state index in [0.717, 1.165) is 24.3 Å². The number of Topliss-reactive ketones (excluding diaryl/α,β-unsaturated/α-hetero) is 1. The van der Waals surface area contributed by atoms with Crippen LogP contribution in [0.25, 0.3) is 0 Å². The zero-order valence-corrected chi connectivity index (χ0v) is 21.7. The molecule has 2 heterocycles. The predicted molar refractivity (Wildman–Crippen MR) is 128 cm³/mol. The molecule has 0 aliphatic carbocycles. The highest BCUT2D eigenvalue weighted by Gasteiger charge is 2.71. The van der Waals surface area contributed by atoms with E-state index < -0.39 is 68.7 Å². The van der Waals surface area contributed by atoms with Gasteiger partial charge in [-0.25, -0.2) is 12.8 Å². The van der Waals surface area contributed by atoms with E-state index in [4.69, 9.17) is 4.74 Å². The summed E-state index contributed by atoms with van der Waals surface area (Å²) in [6, 6.07) is 2.77. The van der Waals surface area contributed by atoms with E-state index in [0.29, 0.717) is 22.5 Å². The van der Waals surface area contributed by atoms with Crippen molar-refractivity contribution in [3.8, 4) is 0 Å². The first kappa shape index (κ1) is 30.7. The Balaban J connectivity index is 1.76. The lowest BCUT2D eigenvalue weighted by Crippen LogP contribution is -2.54. The molecule has 2 aliphatic heterocycles. The minimum Gasteiger partial charge on any atom is -0.378 e. The van der Waals surface area contributed by atoms with Gasteiger partial charge in [0.15, 0.2) is 5.78 Å². The molecule has 8 nitrogen and oxygen atoms in total. The lowest BCUT2D eigenvalue weighted by molar-refractivity contribution is -0.376. The van der Waals surface area contributed by atoms with Crippen molar-refractivity contribution in [2.24, 2.45) is 0 Å². The Kier molecular flexibility index (Phi) is 8.14. The zero-order valence-electron chi connectivity index (χ0n) is 20.9. The van der Waals surface area contributed by atoms with Crippen molar-refractivity contribution in [2.75, 3.05) is 17.5 Å². The number of aliphatic hydroxyl groups is 1. The Bertz CT molecular complexity index is 1410. The first-order chi connectivity index (χ1) is 19.0. The average Bonchev–Trinajstić information content (AvgIpc) is 2.88. The van der Waals surface area contributed by atoms with Crippen LogP contribution in [0.15, 0.2) is 47.4 Å². The van der Waals surface area contributed by atoms with E-state index in [1.54, 1.807) is 0 Å². The molecule has 0 bridgehead atoms. The fourth-order valence-corrected chi connectivity index (χ4v) is 6.53. The number of benzene rings is 2. The van der Waals surface area contributed by atoms with Crippen LogP contribution in [0.3, 0.4) is 0 Å². The first-order valence-corrected chi connectivity index (χ1v) is 13.6. The molecule has 1 saturated heterocycles. The van der Waals surface area contributed by atoms with Gasteiger partial charge < -0.3 is 15.2 Å². The Morgan fingerprint density at radius 1 is 1.02 bits per heavy atom. The molecule has 1 fully saturated rings. The molecule has 41 heavy (non-hydrogen) atoms. The molecule has 2 aromatic carbocycles. The Labute approximate surface area is 229 Å². The van der Waals surface area contributed by atoms with Crippen LogP contribution in [0.4, 0.5) is 36.4 Å². The number of sulfonamides is 1. The number of ketones is 1. The standard InChI is InChI=1S/C25H23F7N2O6S/c26-16-3-6-18(7-4-16)41(38,39)34-17(12-22(36)33-19-13-40-10-9-21(19)35)5-1-14-11-15(2-8-20(14)34)23(37,24(27,28)29)25(30,31)32/h2-4,6-8,11,17,19,37H,1,5,9-10,12-13H2,(H,33,36)/t17-,19?/m0/s1. The lowest BCUT2D eigenvalue weighted by Gasteiger charge is -2.39. The van der Waals surface area contributed by atoms with Crippen molar-refractivity contribution in [1.29, 1.82) is 0 Å². The summed E-state index contributed by atoms with van der Waals surface area (Å²) in [4.78, 5) is 24.4. The van der Waals surface area contributed by atoms with Crippen molar-refractivity contribution in [2.45, 2.75) is 60.6 Å². The number of nitrogens with one attached hydrogen (secondary N) is 1. The Hall–Kier alpha value is -3.24. The smallest absolute Gasteiger partial charge is 0.378 e. The normalized spacial score (nSPS) is 20.5. The van der Waals surface area contributed by atoms with Crippen LogP contribution in [0.1, 0.15) is 30.4 Å². The third-order valence-corrected chi connectivity index (χ3v) is 8.81. The monoisotopic (exact) mass is 612 g/mol. The van der Waals surface area contributed by atoms with Gasteiger partial charge in [0.25, 0.3) is 15.6 Å². The third kappa shape index (κ3) is 5.77. The molecular weight excluding hydrogens is 589 g/mol. The maximum Gasteiger partial charge on any atom is 0.430 e. The molecule has 1 amide bonds. The number of anilines is 1. The number of carbonyl (C=O) groups is 2. The van der Waals surface area contributed by atoms with E-state index in [-0.39, 0.29) is 49.5 Å². The SMILES string of the molecule is O=C(C[C@@H]1CCc2cc(C(O)(C(F)(F)F)C(F)(F)F)ccc2N1S(=O)(=O)c1ccc(F)cc1)NC1COCCC1=O. The fourth-order valence-electron chi connectivity index (χ4n) is 4.81. The van der Waals surface area contributed by atoms with Crippen LogP contribution in [0.2, 0.25) is 0 Å². The van der Waals surface area contributed by atoms with Gasteiger partial charge in [0.1, 0.15) is 11.9 Å². The van der Waals surface area contributed by atoms with Crippen molar-refractivity contribution < 1.29 is 58.6 Å². The number of ether oxygens (including phenoxy) is 1. The molecule has 16 heteroatoms. The van der Waals surface area contributed by atoms with Gasteiger partial charge in [-0.3, -0.25) is 13.9 Å². The zero-order chi connectivity index (χ0) is 30.4. The highest BCUT2D eigenvalue weighted by molar-refractivity contribution is 7.92. The number of alkyl halides is 6. The number of rotatable bonds is 6. The number of fused-ring (bicyclic) bond motifs is 1. The van der Waals surface area contributed by atoms with Crippen LogP contribution < -0.4 is 9.62 Å². The fraction of sp³-hybridized carbons (Fsp3) is 0.440. The van der Waals surface area contributed by atoms with Crippen LogP contribution >= 0.6 is 0 Å². The summed E-state index contributed by atoms with van der Waals surface area (Å²) in [5, 5.41) is 12.3. The minimum atomic E-state index is -6.16. The molecule has 2 aromatic rings. The number of amides is 1. The topological polar surface area (TPSA) is 113 Å². The summed E-state index contributed by atoms with van der Waals surface area (Å²) in [6.07, 6.45) is -13.3. The molecule has 2 atom stereocenters. The summed E-state index contributed by atoms with van der Waals surface area (Å²) in [5.74, 6) is -1.83. The van der Waals surface area contributed by atoms with Crippen molar-refractivity contribution in [1.82, 2.24) is 5.32 Å². The Morgan fingerprint density at radius 2 is 1.66 bits per heavy atom. The van der Waals surface area contributed by atoms with E-state index in [1.165, 1.54) is 0 Å². The number of aryl methyl sites for hydroxylation is 1. The second-order valence-corrected chi connectivity index (χ2v) is 11.4. The molecule has 0 spiro atoms. The van der Waals surface area contributed by atoms with Gasteiger partial charge >= 0.3 is 12.4 Å². The summed E-state index contributed by atoms with van der Waals surface area (Å²) in [7, 11) is -4.65. The van der Waals surface area contributed by atoms with Gasteiger partial charge in [-0.2, -0.15) is 26.3 Å². The molecule has 4 rings (SSSR count). The van der Waals surface area contributed by atoms with Crippen LogP contribution in [0, 0.1) is 5.82 Å². The highest BCUT2D eigenvalue weighted by Crippen LogP contribution is 2.51. The van der Waals surface area contributed by atoms with Crippen LogP contribution in [-0.2, 0) is 36.4 Å². The molecular formula is C25H23F7N2O6S. The third-order valence-electron chi connectivity index (χ3n) is 6.93. The second-order valence-electron chi connectivity index (χ2n) is 9.61. The van der Waals surface area contributed by atoms with E-state index in [2.05, 4.69) is 5.32 Å². The highest BCUT2D eigenvalue weighted by atomic mass is 32.2. The van der Waals surface area contributed by atoms with Crippen molar-refractivity contribution in [3.63, 3.8) is 0 Å². The maximum atomic E-state index is 13.7. The maximum absolute atomic E-state index is 13.7. The summed E-state index contributed by atoms with van der Waals surface area (Å²) < 4.78 is 128. The number of hydrogen-bond acceptors (Lipinski definition) is 6. The van der Waals surface area contributed by atoms with Crippen LogP contribution in [-0.4, -0.2) is 62.9 Å². The van der Waals surface area contributed by atoms with Gasteiger partial charge in [0.05, 0.1) is 29.8 Å². The van der Waals surface area contributed by atoms with Crippen molar-refractivity contribution >= 4 is 27.4 Å². The average molecular weight is 613 g/mol. The summed E-state index contributed by atoms with van der Waals surface area (Å²) in [6.45, 7) is 0.0772. The molecule has 224 valence electrons. The van der Waals surface area contributed by atoms with E-state index in [1.807, 2.05) is 0 Å². The number of carbonyl (C=O) groups excluding carboxylic acids is 2. The molecule has 0 saturated carbocycles. The number of nitrogens with zero attached hydrogens (tertiary/aromatic N) is 1. The predicted octanol–water partition coefficient (Wildman–Crippen LogP) is 3.51. The molecule has 2 N–H and O–H groups in total. The molecule has 2 aliphatic rings. The first-order valence-electron chi connectivity index (χ1n) is 12.2. The lowest BCUT2D eigenvalue weighted by atomic mass is 9.87. The summed E-state index contributed by atoms with van der Waals surface area (Å²) >= 11 is 0. The molecule has 0 radical (unpaired) electrons. The number of halogens is 7. The van der Waals surface area contributed by atoms with Gasteiger partial charge in [0, 0.05) is 18.4 Å². The quantitative estimate of drug-likeness (QED) is 0.483. The van der Waals surface area contributed by atoms with Gasteiger partial charge in [-0.05, 0) is 48.7 Å². The van der Waals surface area contributed by atoms with Gasteiger partial charge in [-0.15, -0.1) is 0 Å². The Morgan fingerprint density at radius 3 is 2.24 bits per heavy atom. The van der Waals surface area contributed by atoms with Crippen LogP contribution in [0.5, 0.6) is 0 Å². The number of hydrogen-bond donors (Lipinski definition) is 2.